The number of hydrogen-bond donors (Lipinski definition) is 1. The van der Waals surface area contributed by atoms with Crippen LogP contribution in [0, 0.1) is 5.21 Å². The van der Waals surface area contributed by atoms with Crippen LogP contribution in [0.5, 0.6) is 0 Å². The first-order valence-electron chi connectivity index (χ1n) is 3.11. The summed E-state index contributed by atoms with van der Waals surface area (Å²) < 4.78 is 0.797. The third kappa shape index (κ3) is 0.982. The van der Waals surface area contributed by atoms with Crippen molar-refractivity contribution < 1.29 is 0 Å². The van der Waals surface area contributed by atoms with Crippen molar-refractivity contribution in [3.8, 4) is 0 Å². The molecular formula is C5H7N4OP. The zero-order chi connectivity index (χ0) is 7.84. The quantitative estimate of drug-likeness (QED) is 0.277. The molecule has 1 aromatic rings. The van der Waals surface area contributed by atoms with E-state index in [1.54, 1.807) is 12.1 Å². The first kappa shape index (κ1) is 6.64. The lowest BCUT2D eigenvalue weighted by atomic mass is 10.6. The summed E-state index contributed by atoms with van der Waals surface area (Å²) in [6, 6.07) is 0. The molecule has 2 rings (SSSR count). The molecule has 0 amide bonds. The number of hydrazine groups is 1. The van der Waals surface area contributed by atoms with E-state index in [0.29, 0.717) is 13.7 Å². The molecule has 2 heterocycles. The van der Waals surface area contributed by atoms with Crippen molar-refractivity contribution in [2.24, 2.45) is 5.84 Å². The Morgan fingerprint density at radius 1 is 1.82 bits per heavy atom. The monoisotopic (exact) mass is 170 g/mol. The van der Waals surface area contributed by atoms with Gasteiger partial charge in [0, 0.05) is 6.20 Å². The minimum atomic E-state index is 0.167. The Bertz CT molecular complexity index is 383. The van der Waals surface area contributed by atoms with E-state index in [0.717, 1.165) is 9.69 Å². The van der Waals surface area contributed by atoms with E-state index in [2.05, 4.69) is 4.98 Å². The van der Waals surface area contributed by atoms with Gasteiger partial charge in [0.2, 0.25) is 0 Å². The second-order valence-corrected chi connectivity index (χ2v) is 3.39. The first-order valence-corrected chi connectivity index (χ1v) is 4.19. The molecule has 0 radical (unpaired) electrons. The standard InChI is InChI=1S/C5H7N4OP/c6-8-1-4-5(7-2-11-4)9(10)3-8/h1-2,11H,3,6H2. The van der Waals surface area contributed by atoms with Crippen molar-refractivity contribution in [3.05, 3.63) is 21.6 Å². The van der Waals surface area contributed by atoms with E-state index < -0.39 is 0 Å². The summed E-state index contributed by atoms with van der Waals surface area (Å²) in [5.74, 6) is 7.17. The number of aromatic nitrogens is 1. The van der Waals surface area contributed by atoms with E-state index in [1.807, 2.05) is 0 Å². The molecule has 0 spiro atoms. The van der Waals surface area contributed by atoms with Crippen LogP contribution in [0.3, 0.4) is 0 Å². The predicted molar refractivity (Wildman–Crippen MR) is 43.0 cm³/mol. The second-order valence-electron chi connectivity index (χ2n) is 2.30. The molecule has 0 aliphatic carbocycles. The van der Waals surface area contributed by atoms with Gasteiger partial charge >= 0.3 is 5.49 Å². The molecule has 1 aliphatic rings. The Hall–Kier alpha value is -1.06. The van der Waals surface area contributed by atoms with Gasteiger partial charge in [-0.1, -0.05) is 8.19 Å². The average Bonchev–Trinajstić information content (AvgIpc) is 2.34. The fourth-order valence-corrected chi connectivity index (χ4v) is 1.90. The highest BCUT2D eigenvalue weighted by Crippen LogP contribution is 1.89. The van der Waals surface area contributed by atoms with E-state index in [1.165, 1.54) is 5.01 Å². The van der Waals surface area contributed by atoms with Crippen LogP contribution < -0.4 is 21.0 Å². The zero-order valence-electron chi connectivity index (χ0n) is 5.69. The molecule has 0 saturated heterocycles. The first-order chi connectivity index (χ1) is 5.27. The Kier molecular flexibility index (Phi) is 1.34. The van der Waals surface area contributed by atoms with Crippen molar-refractivity contribution in [1.29, 1.82) is 0 Å². The number of rotatable bonds is 0. The second kappa shape index (κ2) is 2.22. The topological polar surface area (TPSA) is 68.2 Å². The molecule has 11 heavy (non-hydrogen) atoms. The number of nitrogens with two attached hydrogens (primary N) is 1. The number of hydroxylamine groups is 1. The van der Waals surface area contributed by atoms with Gasteiger partial charge < -0.3 is 5.21 Å². The van der Waals surface area contributed by atoms with Crippen molar-refractivity contribution in [3.63, 3.8) is 0 Å². The molecule has 1 aromatic heterocycles. The van der Waals surface area contributed by atoms with Crippen LogP contribution in [0.15, 0.2) is 5.93 Å². The molecule has 6 heteroatoms. The summed E-state index contributed by atoms with van der Waals surface area (Å²) in [4.78, 5) is 4.86. The van der Waals surface area contributed by atoms with Crippen LogP contribution in [-0.2, 0) is 0 Å². The summed E-state index contributed by atoms with van der Waals surface area (Å²) in [5, 5.41) is 12.5. The molecule has 2 N–H and O–H groups in total. The predicted octanol–water partition coefficient (Wildman–Crippen LogP) is -2.01. The highest BCUT2D eigenvalue weighted by Gasteiger charge is 2.08. The van der Waals surface area contributed by atoms with Gasteiger partial charge in [0.25, 0.3) is 0 Å². The van der Waals surface area contributed by atoms with Crippen molar-refractivity contribution in [2.75, 3.05) is 6.67 Å². The highest BCUT2D eigenvalue weighted by atomic mass is 31.0. The van der Waals surface area contributed by atoms with Gasteiger partial charge in [0.15, 0.2) is 12.6 Å². The largest absolute Gasteiger partial charge is 0.714 e. The Morgan fingerprint density at radius 3 is 3.45 bits per heavy atom. The molecule has 5 nitrogen and oxygen atoms in total. The molecule has 0 fully saturated rings. The molecule has 1 aliphatic heterocycles. The van der Waals surface area contributed by atoms with Crippen LogP contribution in [-0.4, -0.2) is 16.7 Å². The van der Waals surface area contributed by atoms with Crippen LogP contribution in [0.1, 0.15) is 0 Å². The van der Waals surface area contributed by atoms with Crippen molar-refractivity contribution in [1.82, 2.24) is 14.7 Å². The van der Waals surface area contributed by atoms with E-state index in [4.69, 9.17) is 5.84 Å². The van der Waals surface area contributed by atoms with Gasteiger partial charge in [-0.25, -0.2) is 10.6 Å². The summed E-state index contributed by atoms with van der Waals surface area (Å²) in [5.41, 5.74) is 0.519. The SMILES string of the molecule is NN1C=c2[pH]cnc2=[N+]([O-])C1. The lowest BCUT2D eigenvalue weighted by molar-refractivity contribution is 0.372. The molecule has 1 atom stereocenters. The fraction of sp³-hybridized carbons (Fsp3) is 0.200. The Morgan fingerprint density at radius 2 is 2.64 bits per heavy atom. The smallest absolute Gasteiger partial charge is 0.335 e. The maximum absolute atomic E-state index is 11.1. The minimum Gasteiger partial charge on any atom is -0.714 e. The van der Waals surface area contributed by atoms with Crippen LogP contribution in [0.2, 0.25) is 0 Å². The zero-order valence-corrected chi connectivity index (χ0v) is 6.69. The van der Waals surface area contributed by atoms with Crippen LogP contribution in [0.4, 0.5) is 0 Å². The van der Waals surface area contributed by atoms with Crippen LogP contribution >= 0.6 is 8.19 Å². The molecule has 58 valence electrons. The summed E-state index contributed by atoms with van der Waals surface area (Å²) in [6.45, 7) is 0.167. The third-order valence-corrected chi connectivity index (χ3v) is 2.39. The van der Waals surface area contributed by atoms with Gasteiger partial charge in [-0.15, -0.1) is 0 Å². The molecular weight excluding hydrogens is 163 g/mol. The molecule has 0 saturated carbocycles. The van der Waals surface area contributed by atoms with Gasteiger partial charge in [-0.2, -0.15) is 0 Å². The normalized spacial score (nSPS) is 16.8. The van der Waals surface area contributed by atoms with Crippen molar-refractivity contribution in [2.45, 2.75) is 0 Å². The fourth-order valence-electron chi connectivity index (χ4n) is 1.01. The lowest BCUT2D eigenvalue weighted by Gasteiger charge is -2.17. The molecule has 1 unspecified atom stereocenters. The summed E-state index contributed by atoms with van der Waals surface area (Å²) in [6.07, 6.45) is 1.76. The van der Waals surface area contributed by atoms with E-state index in [9.17, 15) is 5.21 Å². The summed E-state index contributed by atoms with van der Waals surface area (Å²) in [7, 11) is 0.479. The van der Waals surface area contributed by atoms with E-state index >= 15 is 0 Å². The minimum absolute atomic E-state index is 0.167. The molecule has 0 bridgehead atoms. The number of fused-ring (bicyclic) bond motifs is 1. The third-order valence-electron chi connectivity index (χ3n) is 1.47. The Labute approximate surface area is 64.1 Å². The van der Waals surface area contributed by atoms with Gasteiger partial charge in [0.1, 0.15) is 4.95 Å². The maximum Gasteiger partial charge on any atom is 0.335 e. The average molecular weight is 170 g/mol. The highest BCUT2D eigenvalue weighted by molar-refractivity contribution is 7.28. The van der Waals surface area contributed by atoms with Gasteiger partial charge in [0.05, 0.1) is 0 Å². The van der Waals surface area contributed by atoms with Gasteiger partial charge in [-0.3, -0.25) is 5.01 Å². The number of hydrogen-bond acceptors (Lipinski definition) is 4. The summed E-state index contributed by atoms with van der Waals surface area (Å²) >= 11 is 0. The number of nitrogens with zero attached hydrogens (tertiary/aromatic N) is 3. The Balaban J connectivity index is 2.80. The maximum atomic E-state index is 11.1. The molecule has 0 aromatic carbocycles. The lowest BCUT2D eigenvalue weighted by Crippen LogP contribution is -2.48. The van der Waals surface area contributed by atoms with Crippen LogP contribution in [0.25, 0.3) is 6.20 Å². The van der Waals surface area contributed by atoms with E-state index in [-0.39, 0.29) is 6.67 Å². The van der Waals surface area contributed by atoms with Crippen molar-refractivity contribution >= 4 is 14.4 Å². The van der Waals surface area contributed by atoms with Gasteiger partial charge in [-0.05, 0) is 4.98 Å².